The van der Waals surface area contributed by atoms with Crippen molar-refractivity contribution >= 4 is 17.7 Å². The van der Waals surface area contributed by atoms with Crippen LogP contribution < -0.4 is 0 Å². The Morgan fingerprint density at radius 2 is 1.62 bits per heavy atom. The highest BCUT2D eigenvalue weighted by molar-refractivity contribution is 6.33. The van der Waals surface area contributed by atoms with E-state index < -0.39 is 41.8 Å². The lowest BCUT2D eigenvalue weighted by Gasteiger charge is -2.24. The Balaban J connectivity index is 2.33. The zero-order valence-corrected chi connectivity index (χ0v) is 7.52. The van der Waals surface area contributed by atoms with Crippen LogP contribution in [0.3, 0.4) is 0 Å². The van der Waals surface area contributed by atoms with Gasteiger partial charge in [-0.05, 0) is 0 Å². The van der Waals surface area contributed by atoms with Gasteiger partial charge in [0.2, 0.25) is 12.1 Å². The summed E-state index contributed by atoms with van der Waals surface area (Å²) in [5, 5.41) is 27.4. The fourth-order valence-electron chi connectivity index (χ4n) is 1.22. The summed E-state index contributed by atoms with van der Waals surface area (Å²) in [6, 6.07) is 0. The summed E-state index contributed by atoms with van der Waals surface area (Å²) in [5.74, 6) is -4.13. The molecule has 0 radical (unpaired) electrons. The molecule has 0 amide bonds. The van der Waals surface area contributed by atoms with E-state index in [0.717, 1.165) is 0 Å². The first-order valence-corrected chi connectivity index (χ1v) is 4.11. The van der Waals surface area contributed by atoms with Gasteiger partial charge < -0.3 is 20.1 Å². The number of aliphatic hydroxyl groups excluding tert-OH is 3. The summed E-state index contributed by atoms with van der Waals surface area (Å²) in [4.78, 5) is 41.3. The van der Waals surface area contributed by atoms with Crippen molar-refractivity contribution in [2.24, 2.45) is 0 Å². The number of ketones is 1. The van der Waals surface area contributed by atoms with Crippen molar-refractivity contribution < 1.29 is 44.2 Å². The minimum absolute atomic E-state index is 1.21. The molecule has 1 spiro atoms. The molecule has 2 aliphatic rings. The quantitative estimate of drug-likeness (QED) is 0.220. The number of carbonyl (C=O) groups is 3. The molecule has 0 aromatic heterocycles. The lowest BCUT2D eigenvalue weighted by atomic mass is 9.96. The zero-order chi connectivity index (χ0) is 12.1. The molecule has 2 rings (SSSR count). The molecule has 88 valence electrons. The number of aliphatic hydroxyl groups is 3. The van der Waals surface area contributed by atoms with Gasteiger partial charge in [0.1, 0.15) is 12.2 Å². The highest BCUT2D eigenvalue weighted by atomic mass is 17.2. The first kappa shape index (κ1) is 11.0. The zero-order valence-electron chi connectivity index (χ0n) is 7.52. The number of rotatable bonds is 0. The molecule has 3 N–H and O–H groups in total. The summed E-state index contributed by atoms with van der Waals surface area (Å²) in [7, 11) is 0. The Kier molecular flexibility index (Phi) is 2.20. The third-order valence-electron chi connectivity index (χ3n) is 2.23. The first-order valence-electron chi connectivity index (χ1n) is 4.11. The number of epoxide rings is 1. The third-order valence-corrected chi connectivity index (χ3v) is 2.23. The molecule has 2 fully saturated rings. The Bertz CT molecular complexity index is 376. The molecule has 9 heteroatoms. The van der Waals surface area contributed by atoms with Crippen LogP contribution in [0.5, 0.6) is 0 Å². The van der Waals surface area contributed by atoms with Crippen molar-refractivity contribution in [1.82, 2.24) is 0 Å². The van der Waals surface area contributed by atoms with Crippen LogP contribution in [0, 0.1) is 0 Å². The molecule has 2 saturated heterocycles. The lowest BCUT2D eigenvalue weighted by molar-refractivity contribution is -0.368. The summed E-state index contributed by atoms with van der Waals surface area (Å²) in [6.07, 6.45) is -6.36. The molecule has 4 atom stereocenters. The van der Waals surface area contributed by atoms with E-state index in [1.165, 1.54) is 0 Å². The van der Waals surface area contributed by atoms with Crippen LogP contribution in [0.25, 0.3) is 0 Å². The number of Topliss-reactive ketones (excluding diaryl/α,β-unsaturated/α-hetero) is 1. The van der Waals surface area contributed by atoms with Gasteiger partial charge in [0.05, 0.1) is 0 Å². The van der Waals surface area contributed by atoms with Crippen LogP contribution in [0.4, 0.5) is 0 Å². The summed E-state index contributed by atoms with van der Waals surface area (Å²) < 4.78 is 4.16. The van der Waals surface area contributed by atoms with Gasteiger partial charge in [-0.1, -0.05) is 0 Å². The van der Waals surface area contributed by atoms with Gasteiger partial charge in [0, 0.05) is 0 Å². The second kappa shape index (κ2) is 3.22. The molecule has 0 bridgehead atoms. The number of hydrogen-bond donors (Lipinski definition) is 3. The van der Waals surface area contributed by atoms with Gasteiger partial charge in [-0.15, -0.1) is 4.89 Å². The lowest BCUT2D eigenvalue weighted by Crippen LogP contribution is -2.54. The van der Waals surface area contributed by atoms with Gasteiger partial charge in [-0.3, -0.25) is 9.68 Å². The fourth-order valence-corrected chi connectivity index (χ4v) is 1.22. The van der Waals surface area contributed by atoms with E-state index in [1.54, 1.807) is 0 Å². The number of carbonyl (C=O) groups excluding carboxylic acids is 3. The van der Waals surface area contributed by atoms with Crippen molar-refractivity contribution in [1.29, 1.82) is 0 Å². The maximum absolute atomic E-state index is 11.4. The van der Waals surface area contributed by atoms with Crippen molar-refractivity contribution in [3.63, 3.8) is 0 Å². The topological polar surface area (TPSA) is 143 Å². The summed E-state index contributed by atoms with van der Waals surface area (Å²) in [6.45, 7) is 0. The summed E-state index contributed by atoms with van der Waals surface area (Å²) >= 11 is 0. The SMILES string of the molecule is O=C1OOC(O)[C@@H](O)[C@@H](O)C(=O)[C@@]12OC2=O. The molecule has 0 aromatic rings. The molecule has 1 unspecified atom stereocenters. The van der Waals surface area contributed by atoms with E-state index >= 15 is 0 Å². The standard InChI is InChI=1S/C7H6O9/c8-1-2(9)4(11)15-16-6(13)7(3(1)10)5(12)14-7/h1-2,4,8-9,11H/t1-,2+,4?,7+/m1/s1. The van der Waals surface area contributed by atoms with E-state index in [4.69, 9.17) is 10.2 Å². The molecule has 2 heterocycles. The molecule has 0 aromatic carbocycles. The van der Waals surface area contributed by atoms with Crippen molar-refractivity contribution in [3.8, 4) is 0 Å². The highest BCUT2D eigenvalue weighted by Gasteiger charge is 2.75. The Morgan fingerprint density at radius 1 is 1.06 bits per heavy atom. The normalized spacial score (nSPS) is 43.4. The first-order chi connectivity index (χ1) is 7.41. The van der Waals surface area contributed by atoms with Crippen LogP contribution >= 0.6 is 0 Å². The summed E-state index contributed by atoms with van der Waals surface area (Å²) in [5.41, 5.74) is -2.57. The van der Waals surface area contributed by atoms with Crippen molar-refractivity contribution in [2.45, 2.75) is 24.1 Å². The van der Waals surface area contributed by atoms with E-state index in [2.05, 4.69) is 14.5 Å². The maximum Gasteiger partial charge on any atom is 0.405 e. The monoisotopic (exact) mass is 234 g/mol. The molecule has 0 saturated carbocycles. The van der Waals surface area contributed by atoms with Crippen molar-refractivity contribution in [3.05, 3.63) is 0 Å². The molecule has 9 nitrogen and oxygen atoms in total. The predicted octanol–water partition coefficient (Wildman–Crippen LogP) is -3.62. The van der Waals surface area contributed by atoms with E-state index in [-0.39, 0.29) is 0 Å². The Morgan fingerprint density at radius 3 is 2.12 bits per heavy atom. The van der Waals surface area contributed by atoms with Crippen LogP contribution in [0.15, 0.2) is 0 Å². The van der Waals surface area contributed by atoms with Crippen LogP contribution in [-0.2, 0) is 28.9 Å². The Labute approximate surface area is 87.1 Å². The molecule has 16 heavy (non-hydrogen) atoms. The number of hydrogen-bond acceptors (Lipinski definition) is 9. The smallest absolute Gasteiger partial charge is 0.405 e. The van der Waals surface area contributed by atoms with Gasteiger partial charge in [0.15, 0.2) is 0 Å². The second-order valence-corrected chi connectivity index (χ2v) is 3.23. The molecule has 2 aliphatic heterocycles. The van der Waals surface area contributed by atoms with E-state index in [9.17, 15) is 19.5 Å². The number of ether oxygens (including phenoxy) is 1. The van der Waals surface area contributed by atoms with Crippen LogP contribution in [-0.4, -0.2) is 57.1 Å². The van der Waals surface area contributed by atoms with E-state index in [0.29, 0.717) is 0 Å². The highest BCUT2D eigenvalue weighted by Crippen LogP contribution is 2.35. The largest absolute Gasteiger partial charge is 0.423 e. The van der Waals surface area contributed by atoms with Gasteiger partial charge >= 0.3 is 17.5 Å². The Hall–Kier alpha value is -1.55. The van der Waals surface area contributed by atoms with E-state index in [1.807, 2.05) is 0 Å². The van der Waals surface area contributed by atoms with Gasteiger partial charge in [0.25, 0.3) is 0 Å². The van der Waals surface area contributed by atoms with Crippen LogP contribution in [0.1, 0.15) is 0 Å². The average Bonchev–Trinajstić information content (AvgIpc) is 2.94. The minimum atomic E-state index is -2.57. The minimum Gasteiger partial charge on any atom is -0.423 e. The van der Waals surface area contributed by atoms with Crippen LogP contribution in [0.2, 0.25) is 0 Å². The average molecular weight is 234 g/mol. The predicted molar refractivity (Wildman–Crippen MR) is 39.0 cm³/mol. The molecule has 0 aliphatic carbocycles. The van der Waals surface area contributed by atoms with Gasteiger partial charge in [-0.25, -0.2) is 9.59 Å². The third kappa shape index (κ3) is 1.23. The maximum atomic E-state index is 11.4. The van der Waals surface area contributed by atoms with Crippen molar-refractivity contribution in [2.75, 3.05) is 0 Å². The van der Waals surface area contributed by atoms with Gasteiger partial charge in [-0.2, -0.15) is 0 Å². The fraction of sp³-hybridized carbons (Fsp3) is 0.571. The second-order valence-electron chi connectivity index (χ2n) is 3.23. The molecular weight excluding hydrogens is 228 g/mol. The molecular formula is C7H6O9.